The van der Waals surface area contributed by atoms with Crippen molar-refractivity contribution in [2.45, 2.75) is 13.0 Å². The van der Waals surface area contributed by atoms with Gasteiger partial charge in [0, 0.05) is 15.9 Å². The van der Waals surface area contributed by atoms with Gasteiger partial charge in [-0.15, -0.1) is 0 Å². The molecule has 1 amide bonds. The number of nitrogens with zero attached hydrogens (tertiary/aromatic N) is 3. The smallest absolute Gasteiger partial charge is 0.255 e. The molecule has 2 aromatic carbocycles. The summed E-state index contributed by atoms with van der Waals surface area (Å²) in [5, 5.41) is 10.5. The third-order valence-electron chi connectivity index (χ3n) is 4.59. The maximum Gasteiger partial charge on any atom is 0.255 e. The number of hydrogen-bond acceptors (Lipinski definition) is 5. The highest BCUT2D eigenvalue weighted by atomic mass is 79.9. The number of hydrogen-bond donors (Lipinski definition) is 2. The monoisotopic (exact) mass is 439 g/mol. The molecule has 4 rings (SSSR count). The molecule has 8 heteroatoms. The average Bonchev–Trinajstić information content (AvgIpc) is 3.16. The molecular formula is C20H18BrN5O2. The second-order valence-corrected chi connectivity index (χ2v) is 7.15. The van der Waals surface area contributed by atoms with Crippen LogP contribution in [0.5, 0.6) is 5.75 Å². The molecule has 142 valence electrons. The van der Waals surface area contributed by atoms with E-state index in [2.05, 4.69) is 36.6 Å². The zero-order chi connectivity index (χ0) is 19.7. The Balaban J connectivity index is 1.74. The minimum atomic E-state index is -0.410. The van der Waals surface area contributed by atoms with Gasteiger partial charge in [0.25, 0.3) is 5.91 Å². The van der Waals surface area contributed by atoms with Gasteiger partial charge < -0.3 is 15.4 Å². The van der Waals surface area contributed by atoms with Crippen LogP contribution < -0.4 is 15.4 Å². The molecule has 2 heterocycles. The van der Waals surface area contributed by atoms with Crippen LogP contribution in [-0.2, 0) is 4.79 Å². The number of halogens is 1. The third kappa shape index (κ3) is 3.27. The number of benzene rings is 2. The van der Waals surface area contributed by atoms with Crippen LogP contribution in [0, 0.1) is 0 Å². The lowest BCUT2D eigenvalue weighted by Crippen LogP contribution is -2.31. The molecule has 28 heavy (non-hydrogen) atoms. The molecule has 0 saturated heterocycles. The average molecular weight is 440 g/mol. The summed E-state index contributed by atoms with van der Waals surface area (Å²) in [6, 6.07) is 14.6. The summed E-state index contributed by atoms with van der Waals surface area (Å²) in [5.74, 6) is 1.11. The summed E-state index contributed by atoms with van der Waals surface area (Å²) in [7, 11) is 1.60. The zero-order valence-corrected chi connectivity index (χ0v) is 16.9. The Bertz CT molecular complexity index is 1060. The zero-order valence-electron chi connectivity index (χ0n) is 15.3. The van der Waals surface area contributed by atoms with Gasteiger partial charge in [0.2, 0.25) is 5.95 Å². The van der Waals surface area contributed by atoms with Crippen molar-refractivity contribution in [1.82, 2.24) is 14.8 Å². The van der Waals surface area contributed by atoms with E-state index in [0.29, 0.717) is 17.2 Å². The second-order valence-electron chi connectivity index (χ2n) is 6.30. The lowest BCUT2D eigenvalue weighted by atomic mass is 9.95. The second kappa shape index (κ2) is 7.47. The molecule has 0 spiro atoms. The molecule has 0 saturated carbocycles. The molecule has 1 aliphatic rings. The van der Waals surface area contributed by atoms with Gasteiger partial charge in [-0.2, -0.15) is 10.1 Å². The lowest BCUT2D eigenvalue weighted by Gasteiger charge is -2.29. The van der Waals surface area contributed by atoms with E-state index < -0.39 is 6.04 Å². The number of anilines is 2. The summed E-state index contributed by atoms with van der Waals surface area (Å²) >= 11 is 3.60. The summed E-state index contributed by atoms with van der Waals surface area (Å²) < 4.78 is 7.78. The van der Waals surface area contributed by atoms with Gasteiger partial charge in [0.15, 0.2) is 0 Å². The molecule has 1 aromatic heterocycles. The number of nitrogens with one attached hydrogen (secondary N) is 2. The molecule has 3 aromatic rings. The summed E-state index contributed by atoms with van der Waals surface area (Å²) in [6.45, 7) is 1.87. The summed E-state index contributed by atoms with van der Waals surface area (Å²) in [6.07, 6.45) is 1.48. The van der Waals surface area contributed by atoms with Crippen LogP contribution in [0.25, 0.3) is 0 Å². The van der Waals surface area contributed by atoms with Crippen LogP contribution in [0.3, 0.4) is 0 Å². The molecule has 0 radical (unpaired) electrons. The maximum absolute atomic E-state index is 13.2. The van der Waals surface area contributed by atoms with E-state index in [1.54, 1.807) is 36.1 Å². The fourth-order valence-electron chi connectivity index (χ4n) is 3.24. The van der Waals surface area contributed by atoms with Crippen molar-refractivity contribution < 1.29 is 9.53 Å². The van der Waals surface area contributed by atoms with Crippen molar-refractivity contribution in [3.05, 3.63) is 76.2 Å². The van der Waals surface area contributed by atoms with Crippen LogP contribution in [0.1, 0.15) is 18.5 Å². The van der Waals surface area contributed by atoms with Crippen molar-refractivity contribution in [3.8, 4) is 5.75 Å². The first kappa shape index (κ1) is 18.2. The minimum Gasteiger partial charge on any atom is -0.497 e. The Hall–Kier alpha value is -3.13. The number of amides is 1. The van der Waals surface area contributed by atoms with E-state index >= 15 is 0 Å². The van der Waals surface area contributed by atoms with E-state index in [1.807, 2.05) is 31.2 Å². The molecular weight excluding hydrogens is 422 g/mol. The molecule has 7 nitrogen and oxygen atoms in total. The number of carbonyl (C=O) groups excluding carboxylic acids is 1. The Labute approximate surface area is 170 Å². The quantitative estimate of drug-likeness (QED) is 0.642. The Morgan fingerprint density at radius 1 is 1.21 bits per heavy atom. The predicted octanol–water partition coefficient (Wildman–Crippen LogP) is 3.98. The van der Waals surface area contributed by atoms with Crippen LogP contribution in [0.4, 0.5) is 11.6 Å². The van der Waals surface area contributed by atoms with Crippen molar-refractivity contribution >= 4 is 33.5 Å². The van der Waals surface area contributed by atoms with Gasteiger partial charge in [-0.1, -0.05) is 34.1 Å². The largest absolute Gasteiger partial charge is 0.497 e. The number of rotatable bonds is 4. The highest BCUT2D eigenvalue weighted by molar-refractivity contribution is 9.10. The SMILES string of the molecule is COc1ccc(NC(=O)C2=C(C)Nc3ncnn3C2c2ccccc2Br)cc1. The van der Waals surface area contributed by atoms with Crippen molar-refractivity contribution in [2.24, 2.45) is 0 Å². The number of carbonyl (C=O) groups is 1. The number of ether oxygens (including phenoxy) is 1. The number of allylic oxidation sites excluding steroid dienone is 1. The summed E-state index contributed by atoms with van der Waals surface area (Å²) in [4.78, 5) is 17.5. The number of aromatic nitrogens is 3. The predicted molar refractivity (Wildman–Crippen MR) is 110 cm³/mol. The molecule has 0 fully saturated rings. The van der Waals surface area contributed by atoms with Gasteiger partial charge in [-0.25, -0.2) is 4.68 Å². The van der Waals surface area contributed by atoms with Crippen molar-refractivity contribution in [2.75, 3.05) is 17.7 Å². The maximum atomic E-state index is 13.2. The first-order chi connectivity index (χ1) is 13.6. The molecule has 2 N–H and O–H groups in total. The van der Waals surface area contributed by atoms with Crippen LogP contribution in [0.2, 0.25) is 0 Å². The van der Waals surface area contributed by atoms with E-state index in [4.69, 9.17) is 4.74 Å². The fraction of sp³-hybridized carbons (Fsp3) is 0.150. The van der Waals surface area contributed by atoms with E-state index in [9.17, 15) is 4.79 Å². The van der Waals surface area contributed by atoms with Crippen LogP contribution in [0.15, 0.2) is 70.6 Å². The van der Waals surface area contributed by atoms with Gasteiger partial charge in [-0.05, 0) is 42.8 Å². The van der Waals surface area contributed by atoms with Gasteiger partial charge >= 0.3 is 0 Å². The molecule has 0 bridgehead atoms. The van der Waals surface area contributed by atoms with E-state index in [-0.39, 0.29) is 5.91 Å². The van der Waals surface area contributed by atoms with Crippen molar-refractivity contribution in [3.63, 3.8) is 0 Å². The third-order valence-corrected chi connectivity index (χ3v) is 5.31. The van der Waals surface area contributed by atoms with Crippen LogP contribution in [-0.4, -0.2) is 27.8 Å². The van der Waals surface area contributed by atoms with Gasteiger partial charge in [-0.3, -0.25) is 4.79 Å². The Morgan fingerprint density at radius 2 is 1.96 bits per heavy atom. The minimum absolute atomic E-state index is 0.211. The normalized spacial score (nSPS) is 15.6. The number of methoxy groups -OCH3 is 1. The van der Waals surface area contributed by atoms with Gasteiger partial charge in [0.05, 0.1) is 12.7 Å². The Morgan fingerprint density at radius 3 is 2.68 bits per heavy atom. The molecule has 1 atom stereocenters. The highest BCUT2D eigenvalue weighted by Crippen LogP contribution is 2.38. The highest BCUT2D eigenvalue weighted by Gasteiger charge is 2.34. The molecule has 1 unspecified atom stereocenters. The van der Waals surface area contributed by atoms with Crippen molar-refractivity contribution in [1.29, 1.82) is 0 Å². The molecule has 0 aliphatic carbocycles. The first-order valence-electron chi connectivity index (χ1n) is 8.65. The van der Waals surface area contributed by atoms with Gasteiger partial charge in [0.1, 0.15) is 18.1 Å². The van der Waals surface area contributed by atoms with E-state index in [0.717, 1.165) is 21.5 Å². The number of fused-ring (bicyclic) bond motifs is 1. The standard InChI is InChI=1S/C20H18BrN5O2/c1-12-17(19(27)25-13-7-9-14(28-2)10-8-13)18(15-5-3-4-6-16(15)21)26-20(24-12)22-11-23-26/h3-11,18H,1-2H3,(H,25,27)(H,22,23,24). The van der Waals surface area contributed by atoms with E-state index in [1.165, 1.54) is 6.33 Å². The first-order valence-corrected chi connectivity index (χ1v) is 9.45. The lowest BCUT2D eigenvalue weighted by molar-refractivity contribution is -0.113. The summed E-state index contributed by atoms with van der Waals surface area (Å²) in [5.41, 5.74) is 2.91. The topological polar surface area (TPSA) is 81.1 Å². The Kier molecular flexibility index (Phi) is 4.87. The molecule has 1 aliphatic heterocycles. The van der Waals surface area contributed by atoms with Crippen LogP contribution >= 0.6 is 15.9 Å². The fourth-order valence-corrected chi connectivity index (χ4v) is 3.74.